The van der Waals surface area contributed by atoms with Gasteiger partial charge in [0.2, 0.25) is 0 Å². The number of aliphatic hydroxyl groups excluding tert-OH is 1. The molecule has 0 spiro atoms. The maximum Gasteiger partial charge on any atom is 0.0527 e. The molecule has 2 rings (SSSR count). The third kappa shape index (κ3) is 4.52. The van der Waals surface area contributed by atoms with Crippen LogP contribution in [0.5, 0.6) is 0 Å². The molecular formula is C15H30N2O. The Morgan fingerprint density at radius 2 is 1.72 bits per heavy atom. The van der Waals surface area contributed by atoms with Gasteiger partial charge in [-0.15, -0.1) is 0 Å². The Morgan fingerprint density at radius 1 is 1.00 bits per heavy atom. The van der Waals surface area contributed by atoms with Gasteiger partial charge >= 0.3 is 0 Å². The van der Waals surface area contributed by atoms with Crippen molar-refractivity contribution >= 4 is 0 Å². The van der Waals surface area contributed by atoms with E-state index in [1.54, 1.807) is 0 Å². The van der Waals surface area contributed by atoms with Gasteiger partial charge in [0, 0.05) is 19.1 Å². The predicted octanol–water partition coefficient (Wildman–Crippen LogP) is 2.10. The SMILES string of the molecule is CC(O)CC1CCCCN1CCN1CCCCC1. The van der Waals surface area contributed by atoms with E-state index in [0.717, 1.165) is 6.42 Å². The van der Waals surface area contributed by atoms with Crippen LogP contribution in [0.25, 0.3) is 0 Å². The standard InChI is InChI=1S/C15H30N2O/c1-14(18)13-15-7-3-6-10-17(15)12-11-16-8-4-2-5-9-16/h14-15,18H,2-13H2,1H3. The molecule has 0 aliphatic carbocycles. The molecule has 2 unspecified atom stereocenters. The summed E-state index contributed by atoms with van der Waals surface area (Å²) in [5.74, 6) is 0. The Hall–Kier alpha value is -0.120. The minimum Gasteiger partial charge on any atom is -0.393 e. The summed E-state index contributed by atoms with van der Waals surface area (Å²) < 4.78 is 0. The molecule has 3 nitrogen and oxygen atoms in total. The molecule has 0 radical (unpaired) electrons. The molecule has 0 amide bonds. The fourth-order valence-corrected chi connectivity index (χ4v) is 3.47. The summed E-state index contributed by atoms with van der Waals surface area (Å²) in [5.41, 5.74) is 0. The summed E-state index contributed by atoms with van der Waals surface area (Å²) >= 11 is 0. The number of rotatable bonds is 5. The monoisotopic (exact) mass is 254 g/mol. The number of likely N-dealkylation sites (tertiary alicyclic amines) is 2. The van der Waals surface area contributed by atoms with Crippen LogP contribution >= 0.6 is 0 Å². The Labute approximate surface area is 112 Å². The van der Waals surface area contributed by atoms with Gasteiger partial charge in [-0.3, -0.25) is 4.90 Å². The van der Waals surface area contributed by atoms with Gasteiger partial charge in [-0.2, -0.15) is 0 Å². The van der Waals surface area contributed by atoms with Gasteiger partial charge < -0.3 is 10.0 Å². The van der Waals surface area contributed by atoms with E-state index in [9.17, 15) is 5.11 Å². The van der Waals surface area contributed by atoms with Gasteiger partial charge in [0.15, 0.2) is 0 Å². The fraction of sp³-hybridized carbons (Fsp3) is 1.00. The number of hydrogen-bond acceptors (Lipinski definition) is 3. The molecule has 2 atom stereocenters. The second kappa shape index (κ2) is 7.46. The molecule has 2 saturated heterocycles. The number of aliphatic hydroxyl groups is 1. The van der Waals surface area contributed by atoms with Crippen LogP contribution in [0.15, 0.2) is 0 Å². The molecule has 0 aromatic carbocycles. The predicted molar refractivity (Wildman–Crippen MR) is 75.8 cm³/mol. The topological polar surface area (TPSA) is 26.7 Å². The average molecular weight is 254 g/mol. The van der Waals surface area contributed by atoms with Crippen molar-refractivity contribution in [2.75, 3.05) is 32.7 Å². The van der Waals surface area contributed by atoms with E-state index in [1.165, 1.54) is 71.2 Å². The van der Waals surface area contributed by atoms with Crippen LogP contribution in [0.1, 0.15) is 51.9 Å². The molecule has 2 aliphatic rings. The van der Waals surface area contributed by atoms with E-state index >= 15 is 0 Å². The van der Waals surface area contributed by atoms with Gasteiger partial charge in [0.1, 0.15) is 0 Å². The molecule has 0 aromatic rings. The van der Waals surface area contributed by atoms with Crippen molar-refractivity contribution in [2.24, 2.45) is 0 Å². The largest absolute Gasteiger partial charge is 0.393 e. The molecule has 3 heteroatoms. The van der Waals surface area contributed by atoms with Crippen LogP contribution in [0, 0.1) is 0 Å². The van der Waals surface area contributed by atoms with Crippen LogP contribution < -0.4 is 0 Å². The van der Waals surface area contributed by atoms with Gasteiger partial charge in [0.25, 0.3) is 0 Å². The zero-order valence-corrected chi connectivity index (χ0v) is 12.0. The maximum atomic E-state index is 9.60. The first-order valence-electron chi connectivity index (χ1n) is 7.90. The zero-order valence-electron chi connectivity index (χ0n) is 12.0. The highest BCUT2D eigenvalue weighted by Crippen LogP contribution is 2.21. The van der Waals surface area contributed by atoms with Crippen molar-refractivity contribution in [1.82, 2.24) is 9.80 Å². The van der Waals surface area contributed by atoms with E-state index in [-0.39, 0.29) is 6.10 Å². The molecule has 1 N–H and O–H groups in total. The molecule has 0 aromatic heterocycles. The van der Waals surface area contributed by atoms with Crippen LogP contribution in [0.3, 0.4) is 0 Å². The quantitative estimate of drug-likeness (QED) is 0.814. The second-order valence-corrected chi connectivity index (χ2v) is 6.17. The van der Waals surface area contributed by atoms with Gasteiger partial charge in [-0.05, 0) is 58.7 Å². The normalized spacial score (nSPS) is 29.3. The molecule has 2 heterocycles. The van der Waals surface area contributed by atoms with Crippen molar-refractivity contribution in [3.63, 3.8) is 0 Å². The summed E-state index contributed by atoms with van der Waals surface area (Å²) in [6.45, 7) is 8.21. The minimum absolute atomic E-state index is 0.148. The lowest BCUT2D eigenvalue weighted by molar-refractivity contribution is 0.0754. The number of hydrogen-bond donors (Lipinski definition) is 1. The molecular weight excluding hydrogens is 224 g/mol. The molecule has 2 aliphatic heterocycles. The van der Waals surface area contributed by atoms with Gasteiger partial charge in [-0.1, -0.05) is 12.8 Å². The highest BCUT2D eigenvalue weighted by atomic mass is 16.3. The third-order valence-electron chi connectivity index (χ3n) is 4.51. The highest BCUT2D eigenvalue weighted by molar-refractivity contribution is 4.79. The van der Waals surface area contributed by atoms with Crippen molar-refractivity contribution in [3.05, 3.63) is 0 Å². The Bertz CT molecular complexity index is 227. The van der Waals surface area contributed by atoms with Crippen molar-refractivity contribution in [2.45, 2.75) is 64.0 Å². The molecule has 2 fully saturated rings. The Balaban J connectivity index is 1.74. The van der Waals surface area contributed by atoms with Crippen molar-refractivity contribution in [1.29, 1.82) is 0 Å². The first-order chi connectivity index (χ1) is 8.75. The van der Waals surface area contributed by atoms with E-state index in [1.807, 2.05) is 6.92 Å². The first-order valence-corrected chi connectivity index (χ1v) is 7.90. The van der Waals surface area contributed by atoms with Crippen molar-refractivity contribution < 1.29 is 5.11 Å². The van der Waals surface area contributed by atoms with E-state index in [2.05, 4.69) is 9.80 Å². The molecule has 106 valence electrons. The Kier molecular flexibility index (Phi) is 5.93. The van der Waals surface area contributed by atoms with Crippen LogP contribution in [-0.4, -0.2) is 59.8 Å². The first kappa shape index (κ1) is 14.3. The number of piperidine rings is 2. The summed E-state index contributed by atoms with van der Waals surface area (Å²) in [7, 11) is 0. The number of nitrogens with zero attached hydrogens (tertiary/aromatic N) is 2. The van der Waals surface area contributed by atoms with Crippen LogP contribution in [0.2, 0.25) is 0 Å². The van der Waals surface area contributed by atoms with E-state index < -0.39 is 0 Å². The highest BCUT2D eigenvalue weighted by Gasteiger charge is 2.23. The summed E-state index contributed by atoms with van der Waals surface area (Å²) in [6, 6.07) is 0.628. The molecule has 0 saturated carbocycles. The van der Waals surface area contributed by atoms with Gasteiger partial charge in [-0.25, -0.2) is 0 Å². The summed E-state index contributed by atoms with van der Waals surface area (Å²) in [6.07, 6.45) is 8.98. The lowest BCUT2D eigenvalue weighted by Crippen LogP contribution is -2.45. The van der Waals surface area contributed by atoms with Gasteiger partial charge in [0.05, 0.1) is 6.10 Å². The lowest BCUT2D eigenvalue weighted by atomic mass is 9.97. The van der Waals surface area contributed by atoms with Crippen molar-refractivity contribution in [3.8, 4) is 0 Å². The van der Waals surface area contributed by atoms with E-state index in [4.69, 9.17) is 0 Å². The minimum atomic E-state index is -0.148. The maximum absolute atomic E-state index is 9.60. The van der Waals surface area contributed by atoms with Crippen LogP contribution in [0.4, 0.5) is 0 Å². The Morgan fingerprint density at radius 3 is 2.44 bits per heavy atom. The zero-order chi connectivity index (χ0) is 12.8. The molecule has 18 heavy (non-hydrogen) atoms. The third-order valence-corrected chi connectivity index (χ3v) is 4.51. The smallest absolute Gasteiger partial charge is 0.0527 e. The van der Waals surface area contributed by atoms with Crippen LogP contribution in [-0.2, 0) is 0 Å². The van der Waals surface area contributed by atoms with E-state index in [0.29, 0.717) is 6.04 Å². The second-order valence-electron chi connectivity index (χ2n) is 6.17. The molecule has 0 bridgehead atoms. The summed E-state index contributed by atoms with van der Waals surface area (Å²) in [4.78, 5) is 5.25. The lowest BCUT2D eigenvalue weighted by Gasteiger charge is -2.38. The fourth-order valence-electron chi connectivity index (χ4n) is 3.47. The summed E-state index contributed by atoms with van der Waals surface area (Å²) in [5, 5.41) is 9.60. The average Bonchev–Trinajstić information content (AvgIpc) is 2.38.